The molecule has 0 radical (unpaired) electrons. The normalized spacial score (nSPS) is 10.5. The first kappa shape index (κ1) is 10.2. The van der Waals surface area contributed by atoms with Crippen LogP contribution in [-0.2, 0) is 6.54 Å². The van der Waals surface area contributed by atoms with Crippen LogP contribution in [0.2, 0.25) is 0 Å². The average molecular weight is 179 g/mol. The van der Waals surface area contributed by atoms with Crippen LogP contribution in [0.1, 0.15) is 5.56 Å². The predicted octanol–water partition coefficient (Wildman–Crippen LogP) is -0.572. The van der Waals surface area contributed by atoms with Gasteiger partial charge in [0.05, 0.1) is 0 Å². The standard InChI is InChI=1S/C9H14BNO2/c1-11(2)7-8-5-3-4-6-9(8)10(12)13/h3-6,12-13H,7H2,1-2H3. The lowest BCUT2D eigenvalue weighted by Gasteiger charge is -2.13. The van der Waals surface area contributed by atoms with E-state index in [1.165, 1.54) is 0 Å². The van der Waals surface area contributed by atoms with E-state index in [-0.39, 0.29) is 0 Å². The summed E-state index contributed by atoms with van der Waals surface area (Å²) in [4.78, 5) is 1.99. The van der Waals surface area contributed by atoms with E-state index in [1.54, 1.807) is 12.1 Å². The number of rotatable bonds is 3. The molecule has 3 nitrogen and oxygen atoms in total. The van der Waals surface area contributed by atoms with Gasteiger partial charge in [-0.2, -0.15) is 0 Å². The number of nitrogens with zero attached hydrogens (tertiary/aromatic N) is 1. The molecule has 4 heteroatoms. The Balaban J connectivity index is 2.91. The summed E-state index contributed by atoms with van der Waals surface area (Å²) in [6, 6.07) is 7.32. The van der Waals surface area contributed by atoms with E-state index >= 15 is 0 Å². The summed E-state index contributed by atoms with van der Waals surface area (Å²) in [5.74, 6) is 0. The molecule has 0 fully saturated rings. The topological polar surface area (TPSA) is 43.7 Å². The Hall–Kier alpha value is -0.835. The van der Waals surface area contributed by atoms with Gasteiger partial charge >= 0.3 is 7.12 Å². The van der Waals surface area contributed by atoms with E-state index in [0.29, 0.717) is 12.0 Å². The third-order valence-electron chi connectivity index (χ3n) is 1.82. The highest BCUT2D eigenvalue weighted by Crippen LogP contribution is 1.99. The van der Waals surface area contributed by atoms with Gasteiger partial charge in [-0.3, -0.25) is 0 Å². The van der Waals surface area contributed by atoms with E-state index < -0.39 is 7.12 Å². The maximum atomic E-state index is 9.05. The minimum Gasteiger partial charge on any atom is -0.423 e. The molecule has 13 heavy (non-hydrogen) atoms. The molecule has 70 valence electrons. The predicted molar refractivity (Wildman–Crippen MR) is 53.7 cm³/mol. The van der Waals surface area contributed by atoms with Crippen LogP contribution in [0.25, 0.3) is 0 Å². The number of hydrogen-bond donors (Lipinski definition) is 2. The third-order valence-corrected chi connectivity index (χ3v) is 1.82. The Morgan fingerprint density at radius 3 is 2.38 bits per heavy atom. The number of benzene rings is 1. The van der Waals surface area contributed by atoms with Gasteiger partial charge in [0.1, 0.15) is 0 Å². The Morgan fingerprint density at radius 2 is 1.85 bits per heavy atom. The lowest BCUT2D eigenvalue weighted by molar-refractivity contribution is 0.399. The van der Waals surface area contributed by atoms with Crippen molar-refractivity contribution in [2.75, 3.05) is 14.1 Å². The first-order chi connectivity index (χ1) is 6.11. The summed E-state index contributed by atoms with van der Waals surface area (Å²) in [7, 11) is 2.51. The van der Waals surface area contributed by atoms with Gasteiger partial charge in [-0.15, -0.1) is 0 Å². The highest BCUT2D eigenvalue weighted by Gasteiger charge is 2.14. The molecule has 2 N–H and O–H groups in total. The first-order valence-electron chi connectivity index (χ1n) is 4.20. The molecule has 0 atom stereocenters. The Morgan fingerprint density at radius 1 is 1.23 bits per heavy atom. The van der Waals surface area contributed by atoms with Crippen molar-refractivity contribution < 1.29 is 10.0 Å². The molecular formula is C9H14BNO2. The molecule has 0 aliphatic carbocycles. The smallest absolute Gasteiger partial charge is 0.423 e. The summed E-state index contributed by atoms with van der Waals surface area (Å²) in [6.07, 6.45) is 0. The molecule has 0 bridgehead atoms. The molecule has 1 rings (SSSR count). The zero-order valence-corrected chi connectivity index (χ0v) is 7.94. The van der Waals surface area contributed by atoms with Crippen LogP contribution in [0.15, 0.2) is 24.3 Å². The van der Waals surface area contributed by atoms with Crippen LogP contribution >= 0.6 is 0 Å². The second kappa shape index (κ2) is 4.41. The van der Waals surface area contributed by atoms with Crippen molar-refractivity contribution in [2.24, 2.45) is 0 Å². The van der Waals surface area contributed by atoms with Crippen LogP contribution in [0.4, 0.5) is 0 Å². The highest BCUT2D eigenvalue weighted by molar-refractivity contribution is 6.59. The highest BCUT2D eigenvalue weighted by atomic mass is 16.4. The molecule has 0 aromatic heterocycles. The van der Waals surface area contributed by atoms with Crippen LogP contribution in [0, 0.1) is 0 Å². The summed E-state index contributed by atoms with van der Waals surface area (Å²) in [5.41, 5.74) is 1.53. The molecule has 0 unspecified atom stereocenters. The second-order valence-corrected chi connectivity index (χ2v) is 3.31. The fourth-order valence-corrected chi connectivity index (χ4v) is 1.27. The van der Waals surface area contributed by atoms with Gasteiger partial charge in [-0.25, -0.2) is 0 Å². The van der Waals surface area contributed by atoms with Gasteiger partial charge < -0.3 is 14.9 Å². The van der Waals surface area contributed by atoms with Crippen molar-refractivity contribution in [2.45, 2.75) is 6.54 Å². The molecule has 0 saturated carbocycles. The molecule has 0 heterocycles. The molecule has 0 aliphatic rings. The van der Waals surface area contributed by atoms with Crippen LogP contribution < -0.4 is 5.46 Å². The van der Waals surface area contributed by atoms with Crippen LogP contribution in [0.3, 0.4) is 0 Å². The van der Waals surface area contributed by atoms with Gasteiger partial charge in [0.15, 0.2) is 0 Å². The average Bonchev–Trinajstić information content (AvgIpc) is 2.03. The van der Waals surface area contributed by atoms with Crippen molar-refractivity contribution in [3.63, 3.8) is 0 Å². The summed E-state index contributed by atoms with van der Waals surface area (Å²) in [5, 5.41) is 18.1. The van der Waals surface area contributed by atoms with Crippen molar-refractivity contribution in [3.05, 3.63) is 29.8 Å². The summed E-state index contributed by atoms with van der Waals surface area (Å²) >= 11 is 0. The fourth-order valence-electron chi connectivity index (χ4n) is 1.27. The molecule has 0 aliphatic heterocycles. The zero-order chi connectivity index (χ0) is 9.84. The maximum absolute atomic E-state index is 9.05. The van der Waals surface area contributed by atoms with Crippen molar-refractivity contribution in [1.82, 2.24) is 4.90 Å². The fraction of sp³-hybridized carbons (Fsp3) is 0.333. The van der Waals surface area contributed by atoms with E-state index in [0.717, 1.165) is 5.56 Å². The molecule has 0 spiro atoms. The van der Waals surface area contributed by atoms with Crippen LogP contribution in [0.5, 0.6) is 0 Å². The van der Waals surface area contributed by atoms with Crippen molar-refractivity contribution >= 4 is 12.6 Å². The van der Waals surface area contributed by atoms with Gasteiger partial charge in [-0.1, -0.05) is 24.3 Å². The third kappa shape index (κ3) is 2.84. The van der Waals surface area contributed by atoms with E-state index in [1.807, 2.05) is 31.1 Å². The largest absolute Gasteiger partial charge is 0.488 e. The minimum atomic E-state index is -1.38. The lowest BCUT2D eigenvalue weighted by atomic mass is 9.77. The van der Waals surface area contributed by atoms with Gasteiger partial charge in [0.25, 0.3) is 0 Å². The molecular weight excluding hydrogens is 165 g/mol. The second-order valence-electron chi connectivity index (χ2n) is 3.31. The number of hydrogen-bond acceptors (Lipinski definition) is 3. The summed E-state index contributed by atoms with van der Waals surface area (Å²) < 4.78 is 0. The van der Waals surface area contributed by atoms with Gasteiger partial charge in [0, 0.05) is 6.54 Å². The maximum Gasteiger partial charge on any atom is 0.488 e. The zero-order valence-electron chi connectivity index (χ0n) is 7.94. The van der Waals surface area contributed by atoms with Crippen molar-refractivity contribution in [3.8, 4) is 0 Å². The van der Waals surface area contributed by atoms with E-state index in [2.05, 4.69) is 0 Å². The van der Waals surface area contributed by atoms with Gasteiger partial charge in [0.2, 0.25) is 0 Å². The van der Waals surface area contributed by atoms with Gasteiger partial charge in [-0.05, 0) is 25.1 Å². The Bertz CT molecular complexity index is 276. The summed E-state index contributed by atoms with van der Waals surface area (Å²) in [6.45, 7) is 0.716. The molecule has 1 aromatic rings. The van der Waals surface area contributed by atoms with Crippen molar-refractivity contribution in [1.29, 1.82) is 0 Å². The SMILES string of the molecule is CN(C)Cc1ccccc1B(O)O. The Kier molecular flexibility index (Phi) is 3.48. The van der Waals surface area contributed by atoms with E-state index in [9.17, 15) is 0 Å². The lowest BCUT2D eigenvalue weighted by Crippen LogP contribution is -2.34. The molecule has 0 amide bonds. The van der Waals surface area contributed by atoms with Crippen LogP contribution in [-0.4, -0.2) is 36.2 Å². The monoisotopic (exact) mass is 179 g/mol. The quantitative estimate of drug-likeness (QED) is 0.610. The Labute approximate surface area is 78.8 Å². The minimum absolute atomic E-state index is 0.580. The molecule has 0 saturated heterocycles. The molecule has 1 aromatic carbocycles. The first-order valence-corrected chi connectivity index (χ1v) is 4.20. The van der Waals surface area contributed by atoms with E-state index in [4.69, 9.17) is 10.0 Å².